The first-order valence-corrected chi connectivity index (χ1v) is 37.7. The summed E-state index contributed by atoms with van der Waals surface area (Å²) in [5.41, 5.74) is 9.26. The van der Waals surface area contributed by atoms with Crippen LogP contribution in [-0.4, -0.2) is 73.5 Å². The fraction of sp³-hybridized carbons (Fsp3) is 0.598. The average molecular weight is 1460 g/mol. The third kappa shape index (κ3) is 32.6. The molecular formula is C82H129Cl2N15O4. The van der Waals surface area contributed by atoms with Gasteiger partial charge in [0.1, 0.15) is 33.6 Å². The van der Waals surface area contributed by atoms with Crippen molar-refractivity contribution in [3.05, 3.63) is 212 Å². The maximum atomic E-state index is 12.0. The van der Waals surface area contributed by atoms with Crippen LogP contribution in [0.15, 0.2) is 98.8 Å². The van der Waals surface area contributed by atoms with Crippen molar-refractivity contribution in [1.82, 2.24) is 73.5 Å². The number of aryl methyl sites for hydroxylation is 1. The summed E-state index contributed by atoms with van der Waals surface area (Å²) in [5.74, 6) is 9.10. The van der Waals surface area contributed by atoms with Gasteiger partial charge in [-0.1, -0.05) is 223 Å². The predicted octanol–water partition coefficient (Wildman–Crippen LogP) is 20.7. The summed E-state index contributed by atoms with van der Waals surface area (Å²) >= 11 is 11.8. The van der Waals surface area contributed by atoms with Crippen LogP contribution in [0.5, 0.6) is 0 Å². The minimum absolute atomic E-state index is 0.102. The van der Waals surface area contributed by atoms with Crippen molar-refractivity contribution < 1.29 is 0 Å². The van der Waals surface area contributed by atoms with Gasteiger partial charge in [-0.05, 0) is 123 Å². The van der Waals surface area contributed by atoms with Crippen molar-refractivity contribution in [2.75, 3.05) is 0 Å². The van der Waals surface area contributed by atoms with Crippen LogP contribution >= 0.6 is 23.2 Å². The van der Waals surface area contributed by atoms with Gasteiger partial charge in [0.05, 0.1) is 11.4 Å². The van der Waals surface area contributed by atoms with Gasteiger partial charge in [0.2, 0.25) is 0 Å². The fourth-order valence-corrected chi connectivity index (χ4v) is 9.40. The summed E-state index contributed by atoms with van der Waals surface area (Å²) in [7, 11) is 1.67. The van der Waals surface area contributed by atoms with Gasteiger partial charge < -0.3 is 9.55 Å². The molecule has 103 heavy (non-hydrogen) atoms. The van der Waals surface area contributed by atoms with Crippen LogP contribution in [-0.2, 0) is 7.05 Å². The van der Waals surface area contributed by atoms with E-state index in [2.05, 4.69) is 244 Å². The third-order valence-corrected chi connectivity index (χ3v) is 16.1. The highest BCUT2D eigenvalue weighted by Gasteiger charge is 2.17. The van der Waals surface area contributed by atoms with Gasteiger partial charge in [0, 0.05) is 125 Å². The minimum atomic E-state index is -0.339. The van der Waals surface area contributed by atoms with Crippen molar-refractivity contribution >= 4 is 23.2 Å². The van der Waals surface area contributed by atoms with E-state index in [1.165, 1.54) is 31.3 Å². The number of hydrogen-bond donors (Lipinski definition) is 1. The predicted molar refractivity (Wildman–Crippen MR) is 430 cm³/mol. The number of rotatable bonds is 16. The molecule has 0 saturated heterocycles. The summed E-state index contributed by atoms with van der Waals surface area (Å²) in [4.78, 5) is 97.3. The van der Waals surface area contributed by atoms with Gasteiger partial charge in [-0.3, -0.25) is 33.7 Å². The Kier molecular flexibility index (Phi) is 41.4. The van der Waals surface area contributed by atoms with E-state index < -0.39 is 0 Å². The Morgan fingerprint density at radius 2 is 0.650 bits per heavy atom. The summed E-state index contributed by atoms with van der Waals surface area (Å²) in [6.45, 7) is 66.0. The number of H-pyrrole nitrogens is 1. The van der Waals surface area contributed by atoms with E-state index in [-0.39, 0.29) is 46.4 Å². The quantitative estimate of drug-likeness (QED) is 0.0885. The molecule has 8 aromatic rings. The third-order valence-electron chi connectivity index (χ3n) is 15.7. The first-order valence-electron chi connectivity index (χ1n) is 36.9. The standard InChI is InChI=1S/C11H18N2O2.C11H17N.2C10H15ClN2.C10H16N2O2.3C10H16N2/c1-7(2)9-6-12(5)11(15)13(8(3)4)10(9)14;1-8(2)10-6-5-7-11(12-10)9(3)4;2*1-6(2)8-5-9(11)13-10(12-8)7(3)4;1-6(2)8-5-11-10(14)12(7(3)4)9(8)13;1-7(2)9-5-11-6-10(12-9)8(3)4;2*1-7(2)9-5-6-11-10(12-9)8(3)4/h6-8H,1-5H3;5-9H,1-4H3;2*5-7H,1-4H3;5-7H,1-4H3,(H,11,14);3*5-8H,1-4H3. The number of hydrogen-bond acceptors (Lipinski definition) is 15. The molecule has 0 bridgehead atoms. The molecule has 0 fully saturated rings. The minimum Gasteiger partial charge on any atom is -0.314 e. The van der Waals surface area contributed by atoms with Gasteiger partial charge in [-0.2, -0.15) is 0 Å². The normalized spacial score (nSPS) is 11.3. The average Bonchev–Trinajstić information content (AvgIpc) is 0.805. The monoisotopic (exact) mass is 1460 g/mol. The zero-order chi connectivity index (χ0) is 79.2. The van der Waals surface area contributed by atoms with Crippen molar-refractivity contribution in [2.45, 2.75) is 316 Å². The molecular weight excluding hydrogens is 1330 g/mol. The Hall–Kier alpha value is -7.51. The van der Waals surface area contributed by atoms with Crippen LogP contribution in [0, 0.1) is 0 Å². The number of aromatic amines is 1. The van der Waals surface area contributed by atoms with Gasteiger partial charge in [0.15, 0.2) is 0 Å². The number of aromatic nitrogens is 15. The summed E-state index contributed by atoms with van der Waals surface area (Å²) in [5, 5.41) is 1.09. The maximum Gasteiger partial charge on any atom is 0.330 e. The molecule has 8 rings (SSSR count). The Bertz CT molecular complexity index is 3620. The molecule has 570 valence electrons. The van der Waals surface area contributed by atoms with Crippen LogP contribution in [0.1, 0.15) is 396 Å². The molecule has 8 aromatic heterocycles. The number of nitrogens with zero attached hydrogens (tertiary/aromatic N) is 14. The molecule has 0 aliphatic heterocycles. The number of pyridine rings is 1. The van der Waals surface area contributed by atoms with E-state index in [0.717, 1.165) is 57.5 Å². The molecule has 0 saturated carbocycles. The first kappa shape index (κ1) is 93.5. The van der Waals surface area contributed by atoms with E-state index in [9.17, 15) is 19.2 Å². The van der Waals surface area contributed by atoms with Crippen LogP contribution < -0.4 is 22.5 Å². The van der Waals surface area contributed by atoms with E-state index in [1.807, 2.05) is 104 Å². The van der Waals surface area contributed by atoms with Crippen LogP contribution in [0.3, 0.4) is 0 Å². The topological polar surface area (TPSA) is 241 Å². The Labute approximate surface area is 628 Å². The van der Waals surface area contributed by atoms with Crippen LogP contribution in [0.4, 0.5) is 0 Å². The van der Waals surface area contributed by atoms with Gasteiger partial charge >= 0.3 is 11.4 Å². The molecule has 21 heteroatoms. The summed E-state index contributed by atoms with van der Waals surface area (Å²) in [6.07, 6.45) is 10.5. The van der Waals surface area contributed by atoms with E-state index in [1.54, 1.807) is 13.2 Å². The summed E-state index contributed by atoms with van der Waals surface area (Å²) in [6, 6.07) is 13.7. The largest absolute Gasteiger partial charge is 0.330 e. The molecule has 0 aliphatic carbocycles. The SMILES string of the molecule is CC(C)c1c[nH]c(=O)n(C(C)C)c1=O.CC(C)c1cc(Cl)nc(C(C)C)n1.CC(C)c1cc(Cl)nc(C(C)C)n1.CC(C)c1cccc(C(C)C)n1.CC(C)c1ccnc(C(C)C)n1.CC(C)c1ccnc(C(C)C)n1.CC(C)c1cn(C)c(=O)n(C(C)C)c1=O.CC(C)c1cncc(C(C)C)n1. The molecule has 0 aliphatic rings. The molecule has 19 nitrogen and oxygen atoms in total. The molecule has 1 N–H and O–H groups in total. The molecule has 8 heterocycles. The molecule has 0 unspecified atom stereocenters. The lowest BCUT2D eigenvalue weighted by Crippen LogP contribution is -2.41. The number of nitrogens with one attached hydrogen (secondary N) is 1. The van der Waals surface area contributed by atoms with Gasteiger partial charge in [0.25, 0.3) is 11.1 Å². The first-order chi connectivity index (χ1) is 47.7. The second-order valence-corrected chi connectivity index (χ2v) is 31.5. The highest BCUT2D eigenvalue weighted by Crippen LogP contribution is 2.23. The number of halogens is 2. The van der Waals surface area contributed by atoms with E-state index in [4.69, 9.17) is 23.2 Å². The van der Waals surface area contributed by atoms with E-state index >= 15 is 0 Å². The smallest absolute Gasteiger partial charge is 0.314 e. The lowest BCUT2D eigenvalue weighted by molar-refractivity contribution is 0.511. The Morgan fingerprint density at radius 3 is 0.961 bits per heavy atom. The molecule has 0 radical (unpaired) electrons. The highest BCUT2D eigenvalue weighted by molar-refractivity contribution is 6.29. The fourth-order valence-electron chi connectivity index (χ4n) is 9.01. The molecule has 0 atom stereocenters. The molecule has 0 aromatic carbocycles. The van der Waals surface area contributed by atoms with E-state index in [0.29, 0.717) is 92.4 Å². The molecule has 0 amide bonds. The van der Waals surface area contributed by atoms with Crippen molar-refractivity contribution in [1.29, 1.82) is 0 Å². The molecule has 0 spiro atoms. The van der Waals surface area contributed by atoms with Gasteiger partial charge in [-0.25, -0.2) is 49.5 Å². The van der Waals surface area contributed by atoms with Crippen molar-refractivity contribution in [3.8, 4) is 0 Å². The second-order valence-electron chi connectivity index (χ2n) is 30.7. The zero-order valence-corrected chi connectivity index (χ0v) is 70.4. The Balaban J connectivity index is 0.000000589. The van der Waals surface area contributed by atoms with Crippen LogP contribution in [0.25, 0.3) is 0 Å². The summed E-state index contributed by atoms with van der Waals surface area (Å²) < 4.78 is 4.02. The maximum absolute atomic E-state index is 12.0. The second kappa shape index (κ2) is 45.7. The lowest BCUT2D eigenvalue weighted by atomic mass is 10.1. The zero-order valence-electron chi connectivity index (χ0n) is 68.9. The van der Waals surface area contributed by atoms with Crippen molar-refractivity contribution in [3.63, 3.8) is 0 Å². The Morgan fingerprint density at radius 1 is 0.340 bits per heavy atom. The highest BCUT2D eigenvalue weighted by atomic mass is 35.5. The lowest BCUT2D eigenvalue weighted by Gasteiger charge is -2.14. The van der Waals surface area contributed by atoms with Crippen molar-refractivity contribution in [2.24, 2.45) is 7.05 Å². The van der Waals surface area contributed by atoms with Gasteiger partial charge in [-0.15, -0.1) is 0 Å². The van der Waals surface area contributed by atoms with Crippen LogP contribution in [0.2, 0.25) is 10.3 Å².